The first-order valence-electron chi connectivity index (χ1n) is 10.8. The molecule has 0 aliphatic carbocycles. The van der Waals surface area contributed by atoms with E-state index in [0.29, 0.717) is 0 Å². The van der Waals surface area contributed by atoms with Crippen molar-refractivity contribution in [3.63, 3.8) is 0 Å². The lowest BCUT2D eigenvalue weighted by Gasteiger charge is -2.51. The number of H-pyrrole nitrogens is 1. The minimum absolute atomic E-state index is 0.0877. The summed E-state index contributed by atoms with van der Waals surface area (Å²) in [7, 11) is 1.89. The van der Waals surface area contributed by atoms with Crippen LogP contribution in [0.4, 0.5) is 17.1 Å². The fraction of sp³-hybridized carbons (Fsp3) is 0.192. The number of para-hydroxylation sites is 4. The lowest BCUT2D eigenvalue weighted by atomic mass is 9.75. The van der Waals surface area contributed by atoms with Crippen LogP contribution in [0.2, 0.25) is 0 Å². The second kappa shape index (κ2) is 5.70. The number of aromatic amines is 1. The molecule has 5 nitrogen and oxygen atoms in total. The van der Waals surface area contributed by atoms with Crippen molar-refractivity contribution in [2.24, 2.45) is 0 Å². The molecule has 4 heterocycles. The Hall–Kier alpha value is -3.73. The fourth-order valence-corrected chi connectivity index (χ4v) is 6.03. The molecule has 31 heavy (non-hydrogen) atoms. The molecular formula is C26H22N4O. The van der Waals surface area contributed by atoms with Crippen molar-refractivity contribution in [3.05, 3.63) is 89.6 Å². The Morgan fingerprint density at radius 2 is 1.68 bits per heavy atom. The predicted molar refractivity (Wildman–Crippen MR) is 124 cm³/mol. The van der Waals surface area contributed by atoms with Crippen LogP contribution in [0.1, 0.15) is 22.9 Å². The van der Waals surface area contributed by atoms with E-state index >= 15 is 0 Å². The summed E-state index contributed by atoms with van der Waals surface area (Å²) in [5.41, 5.74) is 6.91. The number of fused-ring (bicyclic) bond motifs is 10. The van der Waals surface area contributed by atoms with E-state index in [0.717, 1.165) is 46.8 Å². The second-order valence-electron chi connectivity index (χ2n) is 8.74. The molecule has 5 heteroatoms. The SMILES string of the molecule is CN1C(=O)C2(Nc3ccccc3N3CCc4c([nH]c5ccccc45)C32)c2ccccc21. The van der Waals surface area contributed by atoms with Gasteiger partial charge in [0.25, 0.3) is 5.91 Å². The molecule has 2 N–H and O–H groups in total. The van der Waals surface area contributed by atoms with Crippen LogP contribution in [0.3, 0.4) is 0 Å². The molecule has 152 valence electrons. The monoisotopic (exact) mass is 406 g/mol. The standard InChI is InChI=1S/C26H22N4O/c1-29-21-12-6-3-9-18(21)26(25(29)31)24-23-17(16-8-2-4-10-19(16)27-23)14-15-30(24)22-13-7-5-11-20(22)28-26/h2-13,24,27-28H,14-15H2,1H3. The first-order valence-corrected chi connectivity index (χ1v) is 10.8. The fourth-order valence-electron chi connectivity index (χ4n) is 6.03. The third-order valence-corrected chi connectivity index (χ3v) is 7.32. The Morgan fingerprint density at radius 1 is 0.935 bits per heavy atom. The van der Waals surface area contributed by atoms with Crippen molar-refractivity contribution in [2.45, 2.75) is 18.0 Å². The van der Waals surface area contributed by atoms with Gasteiger partial charge in [0.1, 0.15) is 6.04 Å². The van der Waals surface area contributed by atoms with E-state index in [1.807, 2.05) is 36.2 Å². The van der Waals surface area contributed by atoms with E-state index in [9.17, 15) is 4.79 Å². The average molecular weight is 406 g/mol. The molecule has 1 spiro atoms. The van der Waals surface area contributed by atoms with Gasteiger partial charge in [-0.15, -0.1) is 0 Å². The summed E-state index contributed by atoms with van der Waals surface area (Å²) >= 11 is 0. The molecule has 3 aromatic carbocycles. The van der Waals surface area contributed by atoms with Crippen molar-refractivity contribution in [1.82, 2.24) is 4.98 Å². The largest absolute Gasteiger partial charge is 0.364 e. The van der Waals surface area contributed by atoms with Crippen molar-refractivity contribution >= 4 is 33.9 Å². The first-order chi connectivity index (χ1) is 15.2. The van der Waals surface area contributed by atoms with Gasteiger partial charge in [-0.2, -0.15) is 0 Å². The zero-order valence-electron chi connectivity index (χ0n) is 17.2. The van der Waals surface area contributed by atoms with Gasteiger partial charge >= 0.3 is 0 Å². The van der Waals surface area contributed by atoms with Gasteiger partial charge in [0.15, 0.2) is 5.54 Å². The number of aromatic nitrogens is 1. The lowest BCUT2D eigenvalue weighted by molar-refractivity contribution is -0.123. The number of benzene rings is 3. The van der Waals surface area contributed by atoms with Crippen molar-refractivity contribution in [2.75, 3.05) is 28.7 Å². The minimum atomic E-state index is -0.879. The smallest absolute Gasteiger partial charge is 0.259 e. The van der Waals surface area contributed by atoms with Crippen LogP contribution in [0, 0.1) is 0 Å². The molecule has 7 rings (SSSR count). The number of carbonyl (C=O) groups is 1. The molecule has 0 bridgehead atoms. The number of hydrogen-bond acceptors (Lipinski definition) is 3. The predicted octanol–water partition coefficient (Wildman–Crippen LogP) is 4.57. The molecule has 3 aliphatic rings. The Balaban J connectivity index is 1.58. The van der Waals surface area contributed by atoms with Gasteiger partial charge in [0.2, 0.25) is 0 Å². The van der Waals surface area contributed by atoms with Crippen LogP contribution in [-0.2, 0) is 16.8 Å². The summed E-state index contributed by atoms with van der Waals surface area (Å²) < 4.78 is 0. The molecule has 3 aliphatic heterocycles. The molecule has 0 saturated carbocycles. The van der Waals surface area contributed by atoms with Crippen molar-refractivity contribution in [3.8, 4) is 0 Å². The van der Waals surface area contributed by atoms with Gasteiger partial charge in [-0.3, -0.25) is 4.79 Å². The van der Waals surface area contributed by atoms with Crippen LogP contribution in [0.15, 0.2) is 72.8 Å². The maximum Gasteiger partial charge on any atom is 0.259 e. The van der Waals surface area contributed by atoms with Gasteiger partial charge in [-0.25, -0.2) is 0 Å². The van der Waals surface area contributed by atoms with E-state index in [2.05, 4.69) is 63.7 Å². The highest BCUT2D eigenvalue weighted by molar-refractivity contribution is 6.11. The van der Waals surface area contributed by atoms with Crippen LogP contribution >= 0.6 is 0 Å². The molecule has 0 radical (unpaired) electrons. The summed E-state index contributed by atoms with van der Waals surface area (Å²) in [6, 6.07) is 24.9. The van der Waals surface area contributed by atoms with Crippen molar-refractivity contribution in [1.29, 1.82) is 0 Å². The van der Waals surface area contributed by atoms with Gasteiger partial charge in [0.05, 0.1) is 11.4 Å². The number of nitrogens with zero attached hydrogens (tertiary/aromatic N) is 2. The highest BCUT2D eigenvalue weighted by atomic mass is 16.2. The zero-order valence-corrected chi connectivity index (χ0v) is 17.2. The molecule has 0 fully saturated rings. The lowest BCUT2D eigenvalue weighted by Crippen LogP contribution is -2.59. The number of anilines is 3. The van der Waals surface area contributed by atoms with Gasteiger partial charge in [-0.1, -0.05) is 48.5 Å². The van der Waals surface area contributed by atoms with E-state index in [-0.39, 0.29) is 11.9 Å². The Bertz CT molecular complexity index is 1390. The van der Waals surface area contributed by atoms with E-state index in [1.165, 1.54) is 10.9 Å². The Morgan fingerprint density at radius 3 is 2.58 bits per heavy atom. The van der Waals surface area contributed by atoms with Crippen LogP contribution in [0.5, 0.6) is 0 Å². The molecule has 2 unspecified atom stereocenters. The highest BCUT2D eigenvalue weighted by Crippen LogP contribution is 2.57. The number of amides is 1. The molecule has 0 saturated heterocycles. The van der Waals surface area contributed by atoms with E-state index in [4.69, 9.17) is 0 Å². The second-order valence-corrected chi connectivity index (χ2v) is 8.74. The minimum Gasteiger partial charge on any atom is -0.364 e. The maximum atomic E-state index is 14.1. The molecule has 2 atom stereocenters. The van der Waals surface area contributed by atoms with Crippen LogP contribution in [0.25, 0.3) is 10.9 Å². The summed E-state index contributed by atoms with van der Waals surface area (Å²) in [6.45, 7) is 0.874. The number of rotatable bonds is 0. The molecular weight excluding hydrogens is 384 g/mol. The highest BCUT2D eigenvalue weighted by Gasteiger charge is 2.61. The summed E-state index contributed by atoms with van der Waals surface area (Å²) in [4.78, 5) is 22.0. The Labute approximate surface area is 180 Å². The third kappa shape index (κ3) is 1.94. The molecule has 4 aromatic rings. The summed E-state index contributed by atoms with van der Waals surface area (Å²) in [5, 5.41) is 5.00. The number of likely N-dealkylation sites (N-methyl/N-ethyl adjacent to an activating group) is 1. The number of nitrogens with one attached hydrogen (secondary N) is 2. The first kappa shape index (κ1) is 17.0. The Kier molecular flexibility index (Phi) is 3.12. The maximum absolute atomic E-state index is 14.1. The van der Waals surface area contributed by atoms with E-state index < -0.39 is 5.54 Å². The third-order valence-electron chi connectivity index (χ3n) is 7.32. The number of carbonyl (C=O) groups excluding carboxylic acids is 1. The summed E-state index contributed by atoms with van der Waals surface area (Å²) in [6.07, 6.45) is 0.950. The van der Waals surface area contributed by atoms with Gasteiger partial charge in [0, 0.05) is 41.4 Å². The topological polar surface area (TPSA) is 51.4 Å². The van der Waals surface area contributed by atoms with Crippen LogP contribution in [-0.4, -0.2) is 24.5 Å². The van der Waals surface area contributed by atoms with Crippen molar-refractivity contribution < 1.29 is 4.79 Å². The van der Waals surface area contributed by atoms with Gasteiger partial charge < -0.3 is 20.1 Å². The quantitative estimate of drug-likeness (QED) is 0.450. The summed E-state index contributed by atoms with van der Waals surface area (Å²) in [5.74, 6) is 0.0877. The molecule has 1 aromatic heterocycles. The van der Waals surface area contributed by atoms with Crippen LogP contribution < -0.4 is 15.1 Å². The normalized spacial score (nSPS) is 23.4. The molecule has 1 amide bonds. The van der Waals surface area contributed by atoms with Gasteiger partial charge in [-0.05, 0) is 36.2 Å². The number of hydrogen-bond donors (Lipinski definition) is 2. The van der Waals surface area contributed by atoms with E-state index in [1.54, 1.807) is 0 Å². The average Bonchev–Trinajstić information content (AvgIpc) is 3.29. The zero-order chi connectivity index (χ0) is 20.7.